The van der Waals surface area contributed by atoms with Crippen LogP contribution in [0.2, 0.25) is 0 Å². The lowest BCUT2D eigenvalue weighted by atomic mass is 10.2. The van der Waals surface area contributed by atoms with E-state index in [1.165, 1.54) is 6.92 Å². The van der Waals surface area contributed by atoms with Gasteiger partial charge >= 0.3 is 0 Å². The fourth-order valence-corrected chi connectivity index (χ4v) is 3.51. The topological polar surface area (TPSA) is 51.2 Å². The fourth-order valence-electron chi connectivity index (χ4n) is 1.05. The van der Waals surface area contributed by atoms with Gasteiger partial charge < -0.3 is 0 Å². The van der Waals surface area contributed by atoms with Crippen LogP contribution >= 0.6 is 38.5 Å². The molecule has 88 valence electrons. The number of sulfone groups is 1. The third kappa shape index (κ3) is 3.27. The van der Waals surface area contributed by atoms with E-state index < -0.39 is 13.1 Å². The molecule has 16 heavy (non-hydrogen) atoms. The first-order valence-corrected chi connectivity index (χ1v) is 8.29. The highest BCUT2D eigenvalue weighted by molar-refractivity contribution is 14.1. The summed E-state index contributed by atoms with van der Waals surface area (Å²) in [5.41, 5.74) is 0.416. The van der Waals surface area contributed by atoms with Crippen LogP contribution in [0.4, 0.5) is 0 Å². The van der Waals surface area contributed by atoms with Crippen LogP contribution in [-0.4, -0.2) is 23.2 Å². The number of carbonyl (C=O) groups excluding carboxylic acids is 1. The summed E-state index contributed by atoms with van der Waals surface area (Å²) in [7, 11) is -3.33. The average molecular weight is 417 g/mol. The first-order valence-electron chi connectivity index (χ1n) is 4.54. The maximum atomic E-state index is 11.9. The van der Waals surface area contributed by atoms with Crippen molar-refractivity contribution in [2.75, 3.05) is 5.75 Å². The Bertz CT molecular complexity index is 481. The number of carbonyl (C=O) groups is 1. The Balaban J connectivity index is 2.99. The SMILES string of the molecule is CCS(=O)(=O)[C@H](I)C(=O)c1ccc(Br)cc1. The Morgan fingerprint density at radius 1 is 1.38 bits per heavy atom. The molecule has 0 unspecified atom stereocenters. The molecule has 1 aromatic carbocycles. The van der Waals surface area contributed by atoms with Gasteiger partial charge in [-0.2, -0.15) is 0 Å². The molecule has 0 saturated carbocycles. The van der Waals surface area contributed by atoms with E-state index >= 15 is 0 Å². The summed E-state index contributed by atoms with van der Waals surface area (Å²) in [6.07, 6.45) is 0. The molecule has 0 heterocycles. The molecule has 0 radical (unpaired) electrons. The van der Waals surface area contributed by atoms with E-state index in [2.05, 4.69) is 15.9 Å². The minimum Gasteiger partial charge on any atom is -0.292 e. The zero-order valence-electron chi connectivity index (χ0n) is 8.48. The molecule has 3 nitrogen and oxygen atoms in total. The van der Waals surface area contributed by atoms with Crippen LogP contribution in [0, 0.1) is 0 Å². The third-order valence-corrected chi connectivity index (χ3v) is 7.12. The van der Waals surface area contributed by atoms with Gasteiger partial charge in [-0.3, -0.25) is 4.79 Å². The molecular formula is C10H10BrIO3S. The van der Waals surface area contributed by atoms with Crippen LogP contribution in [0.3, 0.4) is 0 Å². The van der Waals surface area contributed by atoms with Crippen molar-refractivity contribution in [3.05, 3.63) is 34.3 Å². The number of rotatable bonds is 4. The fraction of sp³-hybridized carbons (Fsp3) is 0.300. The Hall–Kier alpha value is 0.0500. The molecule has 1 aromatic rings. The Labute approximate surface area is 117 Å². The van der Waals surface area contributed by atoms with Crippen LogP contribution in [-0.2, 0) is 9.84 Å². The van der Waals surface area contributed by atoms with Crippen molar-refractivity contribution in [2.24, 2.45) is 0 Å². The lowest BCUT2D eigenvalue weighted by molar-refractivity contribution is 0.101. The van der Waals surface area contributed by atoms with E-state index in [0.717, 1.165) is 4.47 Å². The molecule has 0 aliphatic carbocycles. The van der Waals surface area contributed by atoms with Gasteiger partial charge in [0.2, 0.25) is 0 Å². The van der Waals surface area contributed by atoms with Gasteiger partial charge in [-0.05, 0) is 12.1 Å². The maximum Gasteiger partial charge on any atom is 0.190 e. The Morgan fingerprint density at radius 3 is 2.31 bits per heavy atom. The molecular weight excluding hydrogens is 407 g/mol. The second-order valence-electron chi connectivity index (χ2n) is 3.14. The highest BCUT2D eigenvalue weighted by atomic mass is 127. The largest absolute Gasteiger partial charge is 0.292 e. The van der Waals surface area contributed by atoms with Gasteiger partial charge in [0.05, 0.1) is 0 Å². The van der Waals surface area contributed by atoms with Gasteiger partial charge in [-0.25, -0.2) is 8.42 Å². The van der Waals surface area contributed by atoms with Crippen molar-refractivity contribution in [3.8, 4) is 0 Å². The summed E-state index contributed by atoms with van der Waals surface area (Å²) in [6.45, 7) is 1.54. The lowest BCUT2D eigenvalue weighted by Crippen LogP contribution is -2.25. The summed E-state index contributed by atoms with van der Waals surface area (Å²) in [6, 6.07) is 6.66. The molecule has 0 fully saturated rings. The van der Waals surface area contributed by atoms with Gasteiger partial charge in [-0.15, -0.1) is 0 Å². The second kappa shape index (κ2) is 5.59. The number of alkyl halides is 1. The van der Waals surface area contributed by atoms with Crippen molar-refractivity contribution in [2.45, 2.75) is 10.2 Å². The van der Waals surface area contributed by atoms with Crippen molar-refractivity contribution in [1.29, 1.82) is 0 Å². The van der Waals surface area contributed by atoms with Crippen molar-refractivity contribution >= 4 is 54.1 Å². The summed E-state index contributed by atoms with van der Waals surface area (Å²) in [5.74, 6) is -0.391. The first kappa shape index (κ1) is 14.1. The Kier molecular flexibility index (Phi) is 4.93. The van der Waals surface area contributed by atoms with Gasteiger partial charge in [-0.1, -0.05) is 57.6 Å². The zero-order chi connectivity index (χ0) is 12.3. The number of Topliss-reactive ketones (excluding diaryl/α,β-unsaturated/α-hetero) is 1. The van der Waals surface area contributed by atoms with Crippen molar-refractivity contribution in [3.63, 3.8) is 0 Å². The van der Waals surface area contributed by atoms with Crippen molar-refractivity contribution < 1.29 is 13.2 Å². The van der Waals surface area contributed by atoms with E-state index in [-0.39, 0.29) is 11.5 Å². The summed E-state index contributed by atoms with van der Waals surface area (Å²) >= 11 is 4.93. The van der Waals surface area contributed by atoms with Crippen LogP contribution < -0.4 is 0 Å². The smallest absolute Gasteiger partial charge is 0.190 e. The molecule has 6 heteroatoms. The predicted octanol–water partition coefficient (Wildman–Crippen LogP) is 2.83. The number of hydrogen-bond donors (Lipinski definition) is 0. The van der Waals surface area contributed by atoms with E-state index in [1.807, 2.05) is 0 Å². The van der Waals surface area contributed by atoms with E-state index in [4.69, 9.17) is 0 Å². The van der Waals surface area contributed by atoms with Crippen LogP contribution in [0.5, 0.6) is 0 Å². The van der Waals surface area contributed by atoms with Gasteiger partial charge in [0.25, 0.3) is 0 Å². The molecule has 0 spiro atoms. The molecule has 0 amide bonds. The molecule has 0 aliphatic heterocycles. The van der Waals surface area contributed by atoms with Gasteiger partial charge in [0.15, 0.2) is 18.9 Å². The molecule has 0 N–H and O–H groups in total. The molecule has 0 saturated heterocycles. The Morgan fingerprint density at radius 2 is 1.88 bits per heavy atom. The third-order valence-electron chi connectivity index (χ3n) is 2.05. The zero-order valence-corrected chi connectivity index (χ0v) is 13.0. The molecule has 1 atom stereocenters. The number of ketones is 1. The quantitative estimate of drug-likeness (QED) is 0.430. The maximum absolute atomic E-state index is 11.9. The minimum atomic E-state index is -3.33. The summed E-state index contributed by atoms with van der Waals surface area (Å²) < 4.78 is 22.9. The average Bonchev–Trinajstić information content (AvgIpc) is 2.28. The highest BCUT2D eigenvalue weighted by Gasteiger charge is 2.28. The predicted molar refractivity (Wildman–Crippen MR) is 75.7 cm³/mol. The monoisotopic (exact) mass is 416 g/mol. The van der Waals surface area contributed by atoms with Crippen LogP contribution in [0.25, 0.3) is 0 Å². The second-order valence-corrected chi connectivity index (χ2v) is 8.52. The lowest BCUT2D eigenvalue weighted by Gasteiger charge is -2.08. The van der Waals surface area contributed by atoms with Crippen LogP contribution in [0.15, 0.2) is 28.7 Å². The van der Waals surface area contributed by atoms with E-state index in [1.54, 1.807) is 46.9 Å². The molecule has 1 rings (SSSR count). The first-order chi connectivity index (χ1) is 7.38. The molecule has 0 aliphatic rings. The van der Waals surface area contributed by atoms with Gasteiger partial charge in [0.1, 0.15) is 0 Å². The summed E-state index contributed by atoms with van der Waals surface area (Å²) in [4.78, 5) is 11.9. The molecule has 0 aromatic heterocycles. The van der Waals surface area contributed by atoms with Crippen molar-refractivity contribution in [1.82, 2.24) is 0 Å². The standard InChI is InChI=1S/C10H10BrIO3S/c1-2-16(14,15)10(12)9(13)7-3-5-8(11)6-4-7/h3-6,10H,2H2,1H3/t10-/m0/s1. The van der Waals surface area contributed by atoms with E-state index in [0.29, 0.717) is 5.56 Å². The van der Waals surface area contributed by atoms with Gasteiger partial charge in [0, 0.05) is 15.8 Å². The van der Waals surface area contributed by atoms with Crippen LogP contribution in [0.1, 0.15) is 17.3 Å². The molecule has 0 bridgehead atoms. The normalized spacial score (nSPS) is 13.4. The summed E-state index contributed by atoms with van der Waals surface area (Å²) in [5, 5.41) is 0. The number of benzene rings is 1. The minimum absolute atomic E-state index is 0.0249. The highest BCUT2D eigenvalue weighted by Crippen LogP contribution is 2.19. The number of halogens is 2. The number of hydrogen-bond acceptors (Lipinski definition) is 3. The van der Waals surface area contributed by atoms with E-state index in [9.17, 15) is 13.2 Å².